The van der Waals surface area contributed by atoms with Crippen LogP contribution in [0.5, 0.6) is 0 Å². The molecule has 27 heavy (non-hydrogen) atoms. The van der Waals surface area contributed by atoms with Crippen molar-refractivity contribution in [3.05, 3.63) is 0 Å². The fraction of sp³-hybridized carbons (Fsp3) is 0.905. The molecule has 0 heterocycles. The zero-order chi connectivity index (χ0) is 19.8. The minimum absolute atomic E-state index is 0.100. The van der Waals surface area contributed by atoms with Gasteiger partial charge in [-0.1, -0.05) is 33.1 Å². The molecule has 1 N–H and O–H groups in total. The Morgan fingerprint density at radius 3 is 2.56 bits per heavy atom. The number of alkyl halides is 1. The van der Waals surface area contributed by atoms with E-state index >= 15 is 0 Å². The van der Waals surface area contributed by atoms with Crippen LogP contribution in [0.1, 0.15) is 65.2 Å². The van der Waals surface area contributed by atoms with Gasteiger partial charge in [0, 0.05) is 25.5 Å². The van der Waals surface area contributed by atoms with Gasteiger partial charge in [0.1, 0.15) is 11.2 Å². The molecule has 2 fully saturated rings. The van der Waals surface area contributed by atoms with E-state index in [0.717, 1.165) is 51.0 Å². The Hall–Kier alpha value is -0.650. The predicted octanol–water partition coefficient (Wildman–Crippen LogP) is 3.72. The second kappa shape index (κ2) is 10.8. The van der Waals surface area contributed by atoms with Crippen LogP contribution in [0.25, 0.3) is 0 Å². The average molecular weight is 402 g/mol. The van der Waals surface area contributed by atoms with Gasteiger partial charge in [0.2, 0.25) is 5.91 Å². The van der Waals surface area contributed by atoms with Crippen molar-refractivity contribution in [1.82, 2.24) is 5.32 Å². The average Bonchev–Trinajstić information content (AvgIpc) is 2.76. The summed E-state index contributed by atoms with van der Waals surface area (Å²) in [6.45, 7) is 6.90. The molecule has 0 aromatic rings. The zero-order valence-electron chi connectivity index (χ0n) is 17.0. The fourth-order valence-corrected chi connectivity index (χ4v) is 4.98. The molecule has 2 bridgehead atoms. The molecule has 2 unspecified atom stereocenters. The molecule has 0 spiro atoms. The molecule has 0 aromatic heterocycles. The Bertz CT molecular complexity index is 497. The van der Waals surface area contributed by atoms with Crippen molar-refractivity contribution in [2.75, 3.05) is 38.9 Å². The van der Waals surface area contributed by atoms with Gasteiger partial charge >= 0.3 is 0 Å². The van der Waals surface area contributed by atoms with Crippen LogP contribution in [0.2, 0.25) is 0 Å². The van der Waals surface area contributed by atoms with Crippen LogP contribution in [-0.4, -0.2) is 50.5 Å². The van der Waals surface area contributed by atoms with Gasteiger partial charge in [0.25, 0.3) is 0 Å². The van der Waals surface area contributed by atoms with E-state index < -0.39 is 5.41 Å². The number of rotatable bonds is 13. The third-order valence-corrected chi connectivity index (χ3v) is 6.86. The monoisotopic (exact) mass is 401 g/mol. The highest BCUT2D eigenvalue weighted by Crippen LogP contribution is 2.61. The van der Waals surface area contributed by atoms with Crippen LogP contribution in [-0.2, 0) is 19.1 Å². The third-order valence-electron chi connectivity index (χ3n) is 6.60. The Kier molecular flexibility index (Phi) is 9.03. The van der Waals surface area contributed by atoms with E-state index in [0.29, 0.717) is 45.1 Å². The number of hydrogen-bond acceptors (Lipinski definition) is 4. The zero-order valence-corrected chi connectivity index (χ0v) is 17.7. The van der Waals surface area contributed by atoms with Gasteiger partial charge in [0.05, 0.1) is 19.8 Å². The Morgan fingerprint density at radius 2 is 1.81 bits per heavy atom. The van der Waals surface area contributed by atoms with Crippen LogP contribution < -0.4 is 5.32 Å². The summed E-state index contributed by atoms with van der Waals surface area (Å²) >= 11 is 5.64. The maximum atomic E-state index is 12.9. The number of ether oxygens (including phenoxy) is 2. The van der Waals surface area contributed by atoms with E-state index in [2.05, 4.69) is 19.2 Å². The van der Waals surface area contributed by atoms with E-state index in [1.165, 1.54) is 0 Å². The van der Waals surface area contributed by atoms with E-state index in [-0.39, 0.29) is 17.1 Å². The van der Waals surface area contributed by atoms with E-state index in [1.807, 2.05) is 0 Å². The Morgan fingerprint density at radius 1 is 1.11 bits per heavy atom. The molecule has 0 aliphatic heterocycles. The molecular weight excluding hydrogens is 366 g/mol. The molecule has 0 aromatic carbocycles. The highest BCUT2D eigenvalue weighted by atomic mass is 35.5. The first-order valence-electron chi connectivity index (χ1n) is 10.5. The Balaban J connectivity index is 1.57. The lowest BCUT2D eigenvalue weighted by Gasteiger charge is -2.45. The first-order valence-corrected chi connectivity index (χ1v) is 11.0. The van der Waals surface area contributed by atoms with Crippen LogP contribution in [0.4, 0.5) is 0 Å². The van der Waals surface area contributed by atoms with Gasteiger partial charge in [-0.3, -0.25) is 9.59 Å². The molecule has 156 valence electrons. The number of amides is 1. The second-order valence-electron chi connectivity index (χ2n) is 8.43. The largest absolute Gasteiger partial charge is 0.379 e. The number of ketones is 1. The first kappa shape index (κ1) is 22.6. The minimum atomic E-state index is -0.831. The molecule has 2 aliphatic carbocycles. The van der Waals surface area contributed by atoms with Crippen LogP contribution in [0.15, 0.2) is 0 Å². The Labute approximate surface area is 168 Å². The maximum absolute atomic E-state index is 12.9. The molecule has 2 aliphatic rings. The summed E-state index contributed by atoms with van der Waals surface area (Å²) in [6, 6.07) is 0. The quantitative estimate of drug-likeness (QED) is 0.290. The molecule has 2 saturated carbocycles. The third kappa shape index (κ3) is 5.24. The van der Waals surface area contributed by atoms with Gasteiger partial charge in [-0.15, -0.1) is 11.6 Å². The van der Waals surface area contributed by atoms with Crippen molar-refractivity contribution >= 4 is 23.3 Å². The van der Waals surface area contributed by atoms with Crippen molar-refractivity contribution < 1.29 is 19.1 Å². The summed E-state index contributed by atoms with van der Waals surface area (Å²) in [4.78, 5) is 25.5. The van der Waals surface area contributed by atoms with Crippen molar-refractivity contribution in [1.29, 1.82) is 0 Å². The van der Waals surface area contributed by atoms with Crippen molar-refractivity contribution in [3.8, 4) is 0 Å². The van der Waals surface area contributed by atoms with Gasteiger partial charge in [-0.05, 0) is 37.0 Å². The molecule has 0 saturated heterocycles. The predicted molar refractivity (Wildman–Crippen MR) is 107 cm³/mol. The molecule has 2 atom stereocenters. The van der Waals surface area contributed by atoms with Crippen LogP contribution >= 0.6 is 11.6 Å². The number of carbonyl (C=O) groups is 2. The van der Waals surface area contributed by atoms with E-state index in [9.17, 15) is 9.59 Å². The summed E-state index contributed by atoms with van der Waals surface area (Å²) in [5.74, 6) is 1.11. The molecule has 1 amide bonds. The highest BCUT2D eigenvalue weighted by Gasteiger charge is 2.65. The summed E-state index contributed by atoms with van der Waals surface area (Å²) in [5.41, 5.74) is -1.08. The summed E-state index contributed by atoms with van der Waals surface area (Å²) in [5, 5.41) is 2.95. The van der Waals surface area contributed by atoms with E-state index in [1.54, 1.807) is 0 Å². The number of hydrogen-bond donors (Lipinski definition) is 1. The standard InChI is InChI=1S/C21H36ClNO4/c1-20(2)17-8-7-9-21(20,18(24)16-17)19(25)23-11-13-27-15-14-26-12-6-4-3-5-10-22/h17H,3-16H2,1-2H3,(H,23,25). The van der Waals surface area contributed by atoms with Gasteiger partial charge in [-0.2, -0.15) is 0 Å². The van der Waals surface area contributed by atoms with Crippen LogP contribution in [0, 0.1) is 16.7 Å². The lowest BCUT2D eigenvalue weighted by molar-refractivity contribution is -0.149. The summed E-state index contributed by atoms with van der Waals surface area (Å²) in [6.07, 6.45) is 7.69. The molecule has 5 nitrogen and oxygen atoms in total. The highest BCUT2D eigenvalue weighted by molar-refractivity contribution is 6.17. The molecular formula is C21H36ClNO4. The van der Waals surface area contributed by atoms with Gasteiger partial charge in [-0.25, -0.2) is 0 Å². The number of nitrogens with one attached hydrogen (secondary N) is 1. The maximum Gasteiger partial charge on any atom is 0.234 e. The number of carbonyl (C=O) groups excluding carboxylic acids is 2. The number of fused-ring (bicyclic) bond motifs is 2. The molecule has 6 heteroatoms. The second-order valence-corrected chi connectivity index (χ2v) is 8.81. The SMILES string of the molecule is CC1(C)C2CCCC1(C(=O)NCCOCCOCCCCCCCl)C(=O)C2. The number of halogens is 1. The van der Waals surface area contributed by atoms with Crippen molar-refractivity contribution in [3.63, 3.8) is 0 Å². The topological polar surface area (TPSA) is 64.6 Å². The number of unbranched alkanes of at least 4 members (excludes halogenated alkanes) is 3. The number of Topliss-reactive ketones (excluding diaryl/α,β-unsaturated/α-hetero) is 1. The first-order chi connectivity index (χ1) is 13.0. The van der Waals surface area contributed by atoms with Gasteiger partial charge in [0.15, 0.2) is 0 Å². The summed E-state index contributed by atoms with van der Waals surface area (Å²) in [7, 11) is 0. The van der Waals surface area contributed by atoms with E-state index in [4.69, 9.17) is 21.1 Å². The molecule has 2 rings (SSSR count). The molecule has 0 radical (unpaired) electrons. The lowest BCUT2D eigenvalue weighted by Crippen LogP contribution is -2.54. The van der Waals surface area contributed by atoms with Crippen molar-refractivity contribution in [2.45, 2.75) is 65.2 Å². The van der Waals surface area contributed by atoms with Crippen molar-refractivity contribution in [2.24, 2.45) is 16.7 Å². The summed E-state index contributed by atoms with van der Waals surface area (Å²) < 4.78 is 11.1. The smallest absolute Gasteiger partial charge is 0.234 e. The lowest BCUT2D eigenvalue weighted by atomic mass is 9.57. The van der Waals surface area contributed by atoms with Gasteiger partial charge < -0.3 is 14.8 Å². The normalized spacial score (nSPS) is 26.3. The minimum Gasteiger partial charge on any atom is -0.379 e. The fourth-order valence-electron chi connectivity index (χ4n) is 4.79. The van der Waals surface area contributed by atoms with Crippen LogP contribution in [0.3, 0.4) is 0 Å².